The number of benzene rings is 1. The molecule has 5 heterocycles. The van der Waals surface area contributed by atoms with E-state index in [0.29, 0.717) is 86.1 Å². The Labute approximate surface area is 223 Å². The Morgan fingerprint density at radius 1 is 1.05 bits per heavy atom. The molecule has 208 valence electrons. The lowest BCUT2D eigenvalue weighted by Crippen LogP contribution is -2.38. The van der Waals surface area contributed by atoms with Crippen molar-refractivity contribution in [1.82, 2.24) is 33.4 Å². The van der Waals surface area contributed by atoms with Crippen LogP contribution in [0.4, 0.5) is 14.7 Å². The fraction of sp³-hybridized carbons (Fsp3) is 0.500. The van der Waals surface area contributed by atoms with Gasteiger partial charge in [0.15, 0.2) is 22.8 Å². The first-order valence-electron chi connectivity index (χ1n) is 12.6. The second-order valence-electron chi connectivity index (χ2n) is 9.60. The maximum absolute atomic E-state index is 14.4. The van der Waals surface area contributed by atoms with Crippen molar-refractivity contribution < 1.29 is 26.7 Å². The molecule has 6 rings (SSSR count). The molecule has 4 aromatic rings. The van der Waals surface area contributed by atoms with Crippen molar-refractivity contribution in [1.29, 1.82) is 0 Å². The van der Waals surface area contributed by atoms with E-state index >= 15 is 0 Å². The number of fused-ring (bicyclic) bond motifs is 2. The first kappa shape index (κ1) is 25.8. The Balaban J connectivity index is 1.54. The van der Waals surface area contributed by atoms with E-state index in [4.69, 9.17) is 19.4 Å². The number of halogens is 2. The summed E-state index contributed by atoms with van der Waals surface area (Å²) < 4.78 is 68.4. The molecule has 0 atom stereocenters. The average Bonchev–Trinajstić information content (AvgIpc) is 3.55. The summed E-state index contributed by atoms with van der Waals surface area (Å²) in [6, 6.07) is 5.00. The van der Waals surface area contributed by atoms with E-state index in [1.807, 2.05) is 9.47 Å². The summed E-state index contributed by atoms with van der Waals surface area (Å²) in [5, 5.41) is 0. The van der Waals surface area contributed by atoms with Crippen molar-refractivity contribution in [3.8, 4) is 11.6 Å². The number of hydrogen-bond donors (Lipinski definition) is 0. The molecule has 0 N–H and O–H groups in total. The largest absolute Gasteiger partial charge is 0.494 e. The number of ether oxygens (including phenoxy) is 2. The summed E-state index contributed by atoms with van der Waals surface area (Å²) in [6.45, 7) is 2.83. The van der Waals surface area contributed by atoms with Crippen molar-refractivity contribution in [2.45, 2.75) is 25.3 Å². The molecule has 0 unspecified atom stereocenters. The van der Waals surface area contributed by atoms with Crippen LogP contribution >= 0.6 is 0 Å². The van der Waals surface area contributed by atoms with Crippen molar-refractivity contribution in [3.05, 3.63) is 30.4 Å². The SMILES string of the molecule is COc1cccc2c1nc(C(F)F)n2-c1nc(N2CCOCC2)nc2c1ncn2C1CCN(S(C)(=O)=O)CC1. The van der Waals surface area contributed by atoms with Gasteiger partial charge < -0.3 is 18.9 Å². The van der Waals surface area contributed by atoms with Gasteiger partial charge >= 0.3 is 0 Å². The summed E-state index contributed by atoms with van der Waals surface area (Å²) in [6.07, 6.45) is 1.09. The van der Waals surface area contributed by atoms with Gasteiger partial charge in [0.05, 0.1) is 38.4 Å². The highest BCUT2D eigenvalue weighted by Gasteiger charge is 2.30. The van der Waals surface area contributed by atoms with Gasteiger partial charge in [-0.3, -0.25) is 4.57 Å². The normalized spacial score (nSPS) is 18.0. The monoisotopic (exact) mass is 562 g/mol. The van der Waals surface area contributed by atoms with Crippen LogP contribution in [0.1, 0.15) is 31.1 Å². The lowest BCUT2D eigenvalue weighted by atomic mass is 10.1. The molecule has 2 fully saturated rings. The molecule has 12 nitrogen and oxygen atoms in total. The van der Waals surface area contributed by atoms with E-state index in [0.717, 1.165) is 0 Å². The molecule has 15 heteroatoms. The molecule has 39 heavy (non-hydrogen) atoms. The van der Waals surface area contributed by atoms with E-state index in [2.05, 4.69) is 9.97 Å². The number of piperidine rings is 1. The predicted molar refractivity (Wildman–Crippen MR) is 139 cm³/mol. The zero-order valence-corrected chi connectivity index (χ0v) is 22.3. The second-order valence-corrected chi connectivity index (χ2v) is 11.6. The molecular formula is C24H28F2N8O4S. The van der Waals surface area contributed by atoms with Crippen LogP contribution in [-0.2, 0) is 14.8 Å². The summed E-state index contributed by atoms with van der Waals surface area (Å²) in [5.74, 6) is 0.467. The van der Waals surface area contributed by atoms with Crippen molar-refractivity contribution in [2.24, 2.45) is 0 Å². The maximum Gasteiger partial charge on any atom is 0.296 e. The van der Waals surface area contributed by atoms with Crippen LogP contribution in [0.3, 0.4) is 0 Å². The third-order valence-corrected chi connectivity index (χ3v) is 8.58. The molecule has 3 aromatic heterocycles. The van der Waals surface area contributed by atoms with Crippen LogP contribution in [0, 0.1) is 0 Å². The minimum absolute atomic E-state index is 0.0671. The number of para-hydroxylation sites is 1. The van der Waals surface area contributed by atoms with Gasteiger partial charge in [0.25, 0.3) is 6.43 Å². The molecule has 1 aromatic carbocycles. The predicted octanol–water partition coefficient (Wildman–Crippen LogP) is 2.54. The number of nitrogens with zero attached hydrogens (tertiary/aromatic N) is 8. The Morgan fingerprint density at radius 2 is 1.79 bits per heavy atom. The number of anilines is 1. The fourth-order valence-electron chi connectivity index (χ4n) is 5.30. The molecular weight excluding hydrogens is 534 g/mol. The Hall–Kier alpha value is -3.43. The van der Waals surface area contributed by atoms with Crippen LogP contribution in [-0.4, -0.2) is 94.6 Å². The van der Waals surface area contributed by atoms with Crippen molar-refractivity contribution >= 4 is 38.2 Å². The Kier molecular flexibility index (Phi) is 6.59. The van der Waals surface area contributed by atoms with E-state index in [9.17, 15) is 17.2 Å². The highest BCUT2D eigenvalue weighted by atomic mass is 32.2. The molecule has 0 bridgehead atoms. The molecule has 0 radical (unpaired) electrons. The van der Waals surface area contributed by atoms with Gasteiger partial charge in [0.2, 0.25) is 16.0 Å². The maximum atomic E-state index is 14.4. The Morgan fingerprint density at radius 3 is 2.46 bits per heavy atom. The molecule has 2 saturated heterocycles. The number of hydrogen-bond acceptors (Lipinski definition) is 9. The van der Waals surface area contributed by atoms with Crippen LogP contribution in [0.2, 0.25) is 0 Å². The van der Waals surface area contributed by atoms with Gasteiger partial charge in [0.1, 0.15) is 11.3 Å². The highest BCUT2D eigenvalue weighted by molar-refractivity contribution is 7.88. The number of morpholine rings is 1. The quantitative estimate of drug-likeness (QED) is 0.349. The fourth-order valence-corrected chi connectivity index (χ4v) is 6.17. The van der Waals surface area contributed by atoms with Crippen LogP contribution in [0.5, 0.6) is 5.75 Å². The molecule has 0 amide bonds. The number of imidazole rings is 2. The zero-order valence-electron chi connectivity index (χ0n) is 21.5. The smallest absolute Gasteiger partial charge is 0.296 e. The van der Waals surface area contributed by atoms with Gasteiger partial charge in [-0.2, -0.15) is 9.97 Å². The number of rotatable bonds is 6. The average molecular weight is 563 g/mol. The standard InChI is InChI=1S/C24H28F2N8O4S/c1-37-17-5-3-4-16-18(17)28-23(20(25)26)34(16)22-19-21(29-24(30-22)31-10-12-38-13-11-31)33(14-27-19)15-6-8-32(9-7-15)39(2,35)36/h3-5,14-15,20H,6-13H2,1-2H3. The third-order valence-electron chi connectivity index (χ3n) is 7.27. The van der Waals surface area contributed by atoms with Crippen molar-refractivity contribution in [2.75, 3.05) is 57.7 Å². The first-order chi connectivity index (χ1) is 18.8. The van der Waals surface area contributed by atoms with Gasteiger partial charge in [-0.25, -0.2) is 31.5 Å². The molecule has 2 aliphatic rings. The lowest BCUT2D eigenvalue weighted by Gasteiger charge is -2.31. The molecule has 2 aliphatic heterocycles. The highest BCUT2D eigenvalue weighted by Crippen LogP contribution is 2.35. The molecule has 0 saturated carbocycles. The summed E-state index contributed by atoms with van der Waals surface area (Å²) in [4.78, 5) is 20.4. The van der Waals surface area contributed by atoms with Crippen molar-refractivity contribution in [3.63, 3.8) is 0 Å². The third kappa shape index (κ3) is 4.57. The van der Waals surface area contributed by atoms with E-state index in [1.54, 1.807) is 24.5 Å². The minimum atomic E-state index is -3.28. The number of alkyl halides is 2. The summed E-state index contributed by atoms with van der Waals surface area (Å²) in [5.41, 5.74) is 1.54. The molecule has 0 aliphatic carbocycles. The van der Waals surface area contributed by atoms with Gasteiger partial charge in [-0.1, -0.05) is 6.07 Å². The number of sulfonamides is 1. The van der Waals surface area contributed by atoms with Gasteiger partial charge in [0, 0.05) is 32.2 Å². The van der Waals surface area contributed by atoms with E-state index in [-0.39, 0.29) is 11.9 Å². The lowest BCUT2D eigenvalue weighted by molar-refractivity contribution is 0.122. The second kappa shape index (κ2) is 9.95. The molecule has 0 spiro atoms. The summed E-state index contributed by atoms with van der Waals surface area (Å²) in [7, 11) is -1.82. The Bertz CT molecular complexity index is 1630. The van der Waals surface area contributed by atoms with Gasteiger partial charge in [-0.05, 0) is 25.0 Å². The van der Waals surface area contributed by atoms with E-state index < -0.39 is 22.3 Å². The van der Waals surface area contributed by atoms with Gasteiger partial charge in [-0.15, -0.1) is 0 Å². The number of methoxy groups -OCH3 is 1. The van der Waals surface area contributed by atoms with Crippen LogP contribution in [0.25, 0.3) is 28.0 Å². The zero-order chi connectivity index (χ0) is 27.3. The number of aromatic nitrogens is 6. The van der Waals surface area contributed by atoms with Crippen LogP contribution < -0.4 is 9.64 Å². The van der Waals surface area contributed by atoms with E-state index in [1.165, 1.54) is 22.2 Å². The van der Waals surface area contributed by atoms with Crippen LogP contribution in [0.15, 0.2) is 24.5 Å². The first-order valence-corrected chi connectivity index (χ1v) is 14.5. The topological polar surface area (TPSA) is 120 Å². The summed E-state index contributed by atoms with van der Waals surface area (Å²) >= 11 is 0. The minimum Gasteiger partial charge on any atom is -0.494 e.